The summed E-state index contributed by atoms with van der Waals surface area (Å²) in [5, 5.41) is 6.51. The van der Waals surface area contributed by atoms with Gasteiger partial charge in [0.05, 0.1) is 5.56 Å². The molecule has 1 unspecified atom stereocenters. The van der Waals surface area contributed by atoms with Crippen LogP contribution in [0.2, 0.25) is 0 Å². The van der Waals surface area contributed by atoms with E-state index in [1.54, 1.807) is 0 Å². The molecular formula is C17H19N3O. The largest absolute Gasteiger partial charge is 0.361 e. The first-order valence-corrected chi connectivity index (χ1v) is 7.50. The standard InChI is InChI=1S/C17H19N3O/c1-10-9-14(11(2)20(10)12-7-8-12)16-18-15-6-4-3-5-13(15)17(21)19-16/h3-6,9,12,16,18H,7-8H2,1-2H3,(H,19,21). The van der Waals surface area contributed by atoms with Gasteiger partial charge in [-0.2, -0.15) is 0 Å². The van der Waals surface area contributed by atoms with Crippen molar-refractivity contribution in [3.8, 4) is 0 Å². The third-order valence-corrected chi connectivity index (χ3v) is 4.49. The normalized spacial score (nSPS) is 20.7. The van der Waals surface area contributed by atoms with Crippen molar-refractivity contribution in [1.82, 2.24) is 9.88 Å². The van der Waals surface area contributed by atoms with Gasteiger partial charge in [-0.15, -0.1) is 0 Å². The Labute approximate surface area is 124 Å². The average Bonchev–Trinajstić information content (AvgIpc) is 3.25. The van der Waals surface area contributed by atoms with Crippen molar-refractivity contribution in [3.05, 3.63) is 52.8 Å². The number of aryl methyl sites for hydroxylation is 1. The molecule has 1 amide bonds. The molecule has 1 atom stereocenters. The molecule has 2 N–H and O–H groups in total. The Morgan fingerprint density at radius 3 is 2.67 bits per heavy atom. The highest BCUT2D eigenvalue weighted by Crippen LogP contribution is 2.40. The number of aromatic nitrogens is 1. The fourth-order valence-corrected chi connectivity index (χ4v) is 3.35. The van der Waals surface area contributed by atoms with E-state index in [-0.39, 0.29) is 12.1 Å². The van der Waals surface area contributed by atoms with Gasteiger partial charge in [0.15, 0.2) is 0 Å². The van der Waals surface area contributed by atoms with E-state index >= 15 is 0 Å². The second kappa shape index (κ2) is 4.38. The summed E-state index contributed by atoms with van der Waals surface area (Å²) in [6.45, 7) is 4.29. The Morgan fingerprint density at radius 2 is 1.90 bits per heavy atom. The van der Waals surface area contributed by atoms with E-state index in [0.717, 1.165) is 5.69 Å². The van der Waals surface area contributed by atoms with Gasteiger partial charge in [-0.05, 0) is 44.9 Å². The molecule has 4 nitrogen and oxygen atoms in total. The van der Waals surface area contributed by atoms with Gasteiger partial charge in [0.2, 0.25) is 0 Å². The van der Waals surface area contributed by atoms with E-state index in [4.69, 9.17) is 0 Å². The van der Waals surface area contributed by atoms with Crippen LogP contribution in [0.3, 0.4) is 0 Å². The molecule has 4 rings (SSSR count). The molecule has 21 heavy (non-hydrogen) atoms. The summed E-state index contributed by atoms with van der Waals surface area (Å²) in [4.78, 5) is 12.3. The number of hydrogen-bond acceptors (Lipinski definition) is 2. The number of amides is 1. The van der Waals surface area contributed by atoms with Crippen LogP contribution in [0.4, 0.5) is 5.69 Å². The van der Waals surface area contributed by atoms with Gasteiger partial charge in [-0.25, -0.2) is 0 Å². The second-order valence-electron chi connectivity index (χ2n) is 6.02. The summed E-state index contributed by atoms with van der Waals surface area (Å²) in [7, 11) is 0. The van der Waals surface area contributed by atoms with Crippen LogP contribution in [-0.4, -0.2) is 10.5 Å². The van der Waals surface area contributed by atoms with Gasteiger partial charge < -0.3 is 15.2 Å². The lowest BCUT2D eigenvalue weighted by atomic mass is 10.1. The lowest BCUT2D eigenvalue weighted by molar-refractivity contribution is 0.0935. The molecule has 1 aromatic carbocycles. The van der Waals surface area contributed by atoms with Crippen molar-refractivity contribution in [2.24, 2.45) is 0 Å². The zero-order valence-corrected chi connectivity index (χ0v) is 12.3. The molecule has 1 fully saturated rings. The monoisotopic (exact) mass is 281 g/mol. The van der Waals surface area contributed by atoms with E-state index in [9.17, 15) is 4.79 Å². The first kappa shape index (κ1) is 12.5. The molecule has 2 heterocycles. The van der Waals surface area contributed by atoms with Crippen LogP contribution in [0, 0.1) is 13.8 Å². The number of fused-ring (bicyclic) bond motifs is 1. The van der Waals surface area contributed by atoms with E-state index in [1.807, 2.05) is 24.3 Å². The van der Waals surface area contributed by atoms with Gasteiger partial charge in [0.25, 0.3) is 5.91 Å². The third-order valence-electron chi connectivity index (χ3n) is 4.49. The summed E-state index contributed by atoms with van der Waals surface area (Å²) >= 11 is 0. The highest BCUT2D eigenvalue weighted by molar-refractivity contribution is 6.01. The molecular weight excluding hydrogens is 262 g/mol. The third kappa shape index (κ3) is 1.94. The van der Waals surface area contributed by atoms with Gasteiger partial charge in [-0.3, -0.25) is 4.79 Å². The number of anilines is 1. The lowest BCUT2D eigenvalue weighted by Crippen LogP contribution is -2.38. The summed E-state index contributed by atoms with van der Waals surface area (Å²) in [6.07, 6.45) is 2.39. The molecule has 108 valence electrons. The maximum atomic E-state index is 12.3. The molecule has 1 saturated carbocycles. The first-order valence-electron chi connectivity index (χ1n) is 7.50. The van der Waals surface area contributed by atoms with Crippen LogP contribution in [0.25, 0.3) is 0 Å². The molecule has 0 bridgehead atoms. The van der Waals surface area contributed by atoms with Crippen LogP contribution < -0.4 is 10.6 Å². The van der Waals surface area contributed by atoms with Crippen molar-refractivity contribution in [3.63, 3.8) is 0 Å². The first-order chi connectivity index (χ1) is 10.1. The fraction of sp³-hybridized carbons (Fsp3) is 0.353. The van der Waals surface area contributed by atoms with E-state index in [2.05, 4.69) is 35.1 Å². The Bertz CT molecular complexity index is 728. The fourth-order valence-electron chi connectivity index (χ4n) is 3.35. The molecule has 1 aliphatic heterocycles. The number of hydrogen-bond donors (Lipinski definition) is 2. The van der Waals surface area contributed by atoms with Crippen LogP contribution in [0.1, 0.15) is 52.4 Å². The molecule has 2 aromatic rings. The van der Waals surface area contributed by atoms with Crippen molar-refractivity contribution in [2.45, 2.75) is 38.9 Å². The number of carbonyl (C=O) groups excluding carboxylic acids is 1. The maximum Gasteiger partial charge on any atom is 0.255 e. The number of nitrogens with one attached hydrogen (secondary N) is 2. The van der Waals surface area contributed by atoms with Crippen molar-refractivity contribution < 1.29 is 4.79 Å². The molecule has 0 radical (unpaired) electrons. The van der Waals surface area contributed by atoms with Gasteiger partial charge >= 0.3 is 0 Å². The van der Waals surface area contributed by atoms with E-state index < -0.39 is 0 Å². The number of para-hydroxylation sites is 1. The number of benzene rings is 1. The minimum atomic E-state index is -0.147. The quantitative estimate of drug-likeness (QED) is 0.887. The minimum absolute atomic E-state index is 0.00873. The molecule has 0 spiro atoms. The lowest BCUT2D eigenvalue weighted by Gasteiger charge is -2.28. The summed E-state index contributed by atoms with van der Waals surface area (Å²) in [6, 6.07) is 10.5. The predicted octanol–water partition coefficient (Wildman–Crippen LogP) is 3.29. The predicted molar refractivity (Wildman–Crippen MR) is 82.4 cm³/mol. The number of nitrogens with zero attached hydrogens (tertiary/aromatic N) is 1. The molecule has 2 aliphatic rings. The summed E-state index contributed by atoms with van der Waals surface area (Å²) < 4.78 is 2.41. The topological polar surface area (TPSA) is 46.1 Å². The Balaban J connectivity index is 1.72. The smallest absolute Gasteiger partial charge is 0.255 e. The average molecular weight is 281 g/mol. The maximum absolute atomic E-state index is 12.3. The van der Waals surface area contributed by atoms with E-state index in [0.29, 0.717) is 11.6 Å². The van der Waals surface area contributed by atoms with Crippen LogP contribution in [-0.2, 0) is 0 Å². The summed E-state index contributed by atoms with van der Waals surface area (Å²) in [5.41, 5.74) is 5.32. The Hall–Kier alpha value is -2.23. The van der Waals surface area contributed by atoms with Crippen molar-refractivity contribution in [2.75, 3.05) is 5.32 Å². The highest BCUT2D eigenvalue weighted by atomic mass is 16.2. The van der Waals surface area contributed by atoms with Crippen molar-refractivity contribution >= 4 is 11.6 Å². The number of rotatable bonds is 2. The van der Waals surface area contributed by atoms with Crippen LogP contribution in [0.15, 0.2) is 30.3 Å². The summed E-state index contributed by atoms with van der Waals surface area (Å²) in [5.74, 6) is -0.00873. The highest BCUT2D eigenvalue weighted by Gasteiger charge is 2.31. The van der Waals surface area contributed by atoms with Gasteiger partial charge in [0, 0.05) is 28.7 Å². The SMILES string of the molecule is Cc1cc(C2NC(=O)c3ccccc3N2)c(C)n1C1CC1. The van der Waals surface area contributed by atoms with Gasteiger partial charge in [0.1, 0.15) is 6.17 Å². The number of carbonyl (C=O) groups is 1. The Kier molecular flexibility index (Phi) is 2.61. The van der Waals surface area contributed by atoms with Crippen LogP contribution >= 0.6 is 0 Å². The molecule has 1 aliphatic carbocycles. The van der Waals surface area contributed by atoms with Gasteiger partial charge in [-0.1, -0.05) is 12.1 Å². The Morgan fingerprint density at radius 1 is 1.14 bits per heavy atom. The minimum Gasteiger partial charge on any atom is -0.361 e. The second-order valence-corrected chi connectivity index (χ2v) is 6.02. The van der Waals surface area contributed by atoms with E-state index in [1.165, 1.54) is 29.8 Å². The van der Waals surface area contributed by atoms with Crippen molar-refractivity contribution in [1.29, 1.82) is 0 Å². The zero-order valence-electron chi connectivity index (χ0n) is 12.3. The zero-order chi connectivity index (χ0) is 14.6. The molecule has 0 saturated heterocycles. The van der Waals surface area contributed by atoms with Crippen LogP contribution in [0.5, 0.6) is 0 Å². The molecule has 1 aromatic heterocycles. The molecule has 4 heteroatoms.